The van der Waals surface area contributed by atoms with E-state index in [4.69, 9.17) is 9.47 Å². The SMILES string of the molecule is Cc1cncc(C(=O)N2CC3(CC(OCC4CCOCC4)CS3)C2)c1. The molecule has 4 heterocycles. The van der Waals surface area contributed by atoms with Crippen LogP contribution in [-0.4, -0.2) is 65.3 Å². The van der Waals surface area contributed by atoms with E-state index in [0.717, 1.165) is 63.5 Å². The molecule has 1 aromatic rings. The molecule has 1 atom stereocenters. The highest BCUT2D eigenvalue weighted by atomic mass is 32.2. The number of carbonyl (C=O) groups excluding carboxylic acids is 1. The van der Waals surface area contributed by atoms with Crippen molar-refractivity contribution in [3.05, 3.63) is 29.6 Å². The second-order valence-corrected chi connectivity index (χ2v) is 9.11. The molecular weight excluding hydrogens is 336 g/mol. The van der Waals surface area contributed by atoms with Crippen molar-refractivity contribution in [2.24, 2.45) is 5.92 Å². The Kier molecular flexibility index (Phi) is 5.02. The van der Waals surface area contributed by atoms with Crippen LogP contribution in [0, 0.1) is 12.8 Å². The maximum Gasteiger partial charge on any atom is 0.255 e. The van der Waals surface area contributed by atoms with Gasteiger partial charge in [-0.1, -0.05) is 0 Å². The minimum Gasteiger partial charge on any atom is -0.381 e. The lowest BCUT2D eigenvalue weighted by atomic mass is 9.92. The van der Waals surface area contributed by atoms with Crippen LogP contribution >= 0.6 is 11.8 Å². The molecule has 136 valence electrons. The number of nitrogens with zero attached hydrogens (tertiary/aromatic N) is 2. The number of hydrogen-bond donors (Lipinski definition) is 0. The van der Waals surface area contributed by atoms with E-state index < -0.39 is 0 Å². The quantitative estimate of drug-likeness (QED) is 0.824. The Morgan fingerprint density at radius 3 is 2.96 bits per heavy atom. The number of rotatable bonds is 4. The van der Waals surface area contributed by atoms with E-state index in [1.165, 1.54) is 0 Å². The number of ether oxygens (including phenoxy) is 2. The fourth-order valence-corrected chi connectivity index (χ4v) is 5.51. The maximum atomic E-state index is 12.6. The van der Waals surface area contributed by atoms with Crippen molar-refractivity contribution in [2.75, 3.05) is 38.7 Å². The normalized spacial score (nSPS) is 26.0. The van der Waals surface area contributed by atoms with Gasteiger partial charge in [0.15, 0.2) is 0 Å². The number of aromatic nitrogens is 1. The van der Waals surface area contributed by atoms with Crippen molar-refractivity contribution in [1.29, 1.82) is 0 Å². The monoisotopic (exact) mass is 362 g/mol. The number of carbonyl (C=O) groups is 1. The molecule has 1 spiro atoms. The maximum absolute atomic E-state index is 12.6. The van der Waals surface area contributed by atoms with Crippen molar-refractivity contribution >= 4 is 17.7 Å². The molecule has 3 fully saturated rings. The zero-order chi connectivity index (χ0) is 17.3. The minimum absolute atomic E-state index is 0.106. The first-order valence-electron chi connectivity index (χ1n) is 9.18. The Labute approximate surface area is 153 Å². The molecule has 1 unspecified atom stereocenters. The number of aryl methyl sites for hydroxylation is 1. The molecule has 1 amide bonds. The van der Waals surface area contributed by atoms with E-state index in [9.17, 15) is 4.79 Å². The van der Waals surface area contributed by atoms with Crippen LogP contribution in [0.15, 0.2) is 18.5 Å². The van der Waals surface area contributed by atoms with Gasteiger partial charge >= 0.3 is 0 Å². The summed E-state index contributed by atoms with van der Waals surface area (Å²) in [6.07, 6.45) is 7.10. The summed E-state index contributed by atoms with van der Waals surface area (Å²) in [6, 6.07) is 1.92. The smallest absolute Gasteiger partial charge is 0.255 e. The summed E-state index contributed by atoms with van der Waals surface area (Å²) in [7, 11) is 0. The van der Waals surface area contributed by atoms with Gasteiger partial charge in [0.25, 0.3) is 5.91 Å². The number of likely N-dealkylation sites (tertiary alicyclic amines) is 1. The first-order valence-corrected chi connectivity index (χ1v) is 10.2. The third-order valence-corrected chi connectivity index (χ3v) is 7.03. The molecule has 4 rings (SSSR count). The molecule has 1 aromatic heterocycles. The van der Waals surface area contributed by atoms with Crippen molar-refractivity contribution in [1.82, 2.24) is 9.88 Å². The second kappa shape index (κ2) is 7.25. The largest absolute Gasteiger partial charge is 0.381 e. The van der Waals surface area contributed by atoms with Gasteiger partial charge in [-0.2, -0.15) is 0 Å². The molecule has 0 saturated carbocycles. The number of pyridine rings is 1. The molecule has 0 bridgehead atoms. The third kappa shape index (κ3) is 3.86. The summed E-state index contributed by atoms with van der Waals surface area (Å²) in [4.78, 5) is 18.6. The van der Waals surface area contributed by atoms with E-state index in [0.29, 0.717) is 17.6 Å². The van der Waals surface area contributed by atoms with Gasteiger partial charge in [-0.25, -0.2) is 0 Å². The van der Waals surface area contributed by atoms with Gasteiger partial charge in [-0.3, -0.25) is 9.78 Å². The highest BCUT2D eigenvalue weighted by molar-refractivity contribution is 8.01. The lowest BCUT2D eigenvalue weighted by Gasteiger charge is -2.47. The molecule has 0 radical (unpaired) electrons. The van der Waals surface area contributed by atoms with E-state index in [1.54, 1.807) is 12.4 Å². The van der Waals surface area contributed by atoms with Crippen LogP contribution in [0.4, 0.5) is 0 Å². The topological polar surface area (TPSA) is 51.7 Å². The molecule has 0 aromatic carbocycles. The molecule has 0 aliphatic carbocycles. The Balaban J connectivity index is 1.25. The predicted molar refractivity (Wildman–Crippen MR) is 98.0 cm³/mol. The zero-order valence-electron chi connectivity index (χ0n) is 14.8. The fourth-order valence-electron chi connectivity index (χ4n) is 3.96. The lowest BCUT2D eigenvalue weighted by molar-refractivity contribution is -0.0118. The summed E-state index contributed by atoms with van der Waals surface area (Å²) in [5, 5.41) is 0. The highest BCUT2D eigenvalue weighted by Crippen LogP contribution is 2.46. The van der Waals surface area contributed by atoms with Gasteiger partial charge in [0.05, 0.1) is 16.4 Å². The molecule has 6 heteroatoms. The van der Waals surface area contributed by atoms with E-state index in [1.807, 2.05) is 29.7 Å². The van der Waals surface area contributed by atoms with E-state index in [-0.39, 0.29) is 10.7 Å². The molecule has 3 aliphatic heterocycles. The number of hydrogen-bond acceptors (Lipinski definition) is 5. The molecule has 0 N–H and O–H groups in total. The van der Waals surface area contributed by atoms with Crippen LogP contribution in [0.5, 0.6) is 0 Å². The first-order chi connectivity index (χ1) is 12.1. The molecular formula is C19H26N2O3S. The summed E-state index contributed by atoms with van der Waals surface area (Å²) in [5.74, 6) is 1.81. The summed E-state index contributed by atoms with van der Waals surface area (Å²) < 4.78 is 11.8. The zero-order valence-corrected chi connectivity index (χ0v) is 15.6. The highest BCUT2D eigenvalue weighted by Gasteiger charge is 2.51. The van der Waals surface area contributed by atoms with E-state index >= 15 is 0 Å². The van der Waals surface area contributed by atoms with Gasteiger partial charge in [-0.15, -0.1) is 11.8 Å². The second-order valence-electron chi connectivity index (χ2n) is 7.62. The minimum atomic E-state index is 0.106. The Morgan fingerprint density at radius 1 is 1.40 bits per heavy atom. The number of amides is 1. The van der Waals surface area contributed by atoms with Crippen molar-refractivity contribution in [2.45, 2.75) is 37.0 Å². The molecule has 3 aliphatic rings. The van der Waals surface area contributed by atoms with Crippen molar-refractivity contribution in [3.63, 3.8) is 0 Å². The van der Waals surface area contributed by atoms with Crippen molar-refractivity contribution < 1.29 is 14.3 Å². The van der Waals surface area contributed by atoms with Crippen LogP contribution in [-0.2, 0) is 9.47 Å². The average molecular weight is 362 g/mol. The molecule has 3 saturated heterocycles. The standard InChI is InChI=1S/C19H26N2O3S/c1-14-6-16(9-20-8-14)18(22)21-12-19(13-21)7-17(11-25-19)24-10-15-2-4-23-5-3-15/h6,8-9,15,17H,2-5,7,10-13H2,1H3. The first kappa shape index (κ1) is 17.3. The summed E-state index contributed by atoms with van der Waals surface area (Å²) >= 11 is 1.99. The van der Waals surface area contributed by atoms with Crippen LogP contribution in [0.25, 0.3) is 0 Å². The molecule has 25 heavy (non-hydrogen) atoms. The Hall–Kier alpha value is -1.11. The number of thioether (sulfide) groups is 1. The summed E-state index contributed by atoms with van der Waals surface area (Å²) in [5.41, 5.74) is 1.73. The lowest BCUT2D eigenvalue weighted by Crippen LogP contribution is -2.60. The van der Waals surface area contributed by atoms with Gasteiger partial charge < -0.3 is 14.4 Å². The van der Waals surface area contributed by atoms with Gasteiger partial charge in [0.2, 0.25) is 0 Å². The Bertz CT molecular complexity index is 627. The van der Waals surface area contributed by atoms with Crippen molar-refractivity contribution in [3.8, 4) is 0 Å². The average Bonchev–Trinajstić information content (AvgIpc) is 3.04. The van der Waals surface area contributed by atoms with E-state index in [2.05, 4.69) is 4.98 Å². The van der Waals surface area contributed by atoms with Gasteiger partial charge in [0, 0.05) is 51.1 Å². The third-order valence-electron chi connectivity index (χ3n) is 5.45. The van der Waals surface area contributed by atoms with Crippen LogP contribution in [0.3, 0.4) is 0 Å². The van der Waals surface area contributed by atoms with Crippen LogP contribution in [0.1, 0.15) is 35.2 Å². The van der Waals surface area contributed by atoms with Gasteiger partial charge in [0.1, 0.15) is 0 Å². The molecule has 5 nitrogen and oxygen atoms in total. The fraction of sp³-hybridized carbons (Fsp3) is 0.684. The van der Waals surface area contributed by atoms with Crippen LogP contribution in [0.2, 0.25) is 0 Å². The summed E-state index contributed by atoms with van der Waals surface area (Å²) in [6.45, 7) is 6.25. The Morgan fingerprint density at radius 2 is 2.20 bits per heavy atom. The van der Waals surface area contributed by atoms with Crippen LogP contribution < -0.4 is 0 Å². The predicted octanol–water partition coefficient (Wildman–Crippen LogP) is 2.53. The van der Waals surface area contributed by atoms with Gasteiger partial charge in [-0.05, 0) is 43.7 Å².